The van der Waals surface area contributed by atoms with E-state index in [2.05, 4.69) is 31.8 Å². The van der Waals surface area contributed by atoms with Crippen LogP contribution in [0.2, 0.25) is 0 Å². The SMILES string of the molecule is CC1(C)CCOc2cc(C#Cc3ccc(C(=O)O)cc3)ccc21. The molecule has 0 aliphatic carbocycles. The third-order valence-electron chi connectivity index (χ3n) is 4.18. The largest absolute Gasteiger partial charge is 0.493 e. The lowest BCUT2D eigenvalue weighted by molar-refractivity contribution is 0.0697. The summed E-state index contributed by atoms with van der Waals surface area (Å²) < 4.78 is 5.76. The maximum Gasteiger partial charge on any atom is 0.335 e. The number of fused-ring (bicyclic) bond motifs is 1. The molecule has 1 aliphatic heterocycles. The lowest BCUT2D eigenvalue weighted by Crippen LogP contribution is -2.26. The third-order valence-corrected chi connectivity index (χ3v) is 4.18. The number of ether oxygens (including phenoxy) is 1. The summed E-state index contributed by atoms with van der Waals surface area (Å²) in [6.07, 6.45) is 1.01. The molecule has 0 bridgehead atoms. The van der Waals surface area contributed by atoms with Crippen LogP contribution in [0.5, 0.6) is 5.75 Å². The summed E-state index contributed by atoms with van der Waals surface area (Å²) in [5.74, 6) is 6.15. The first-order valence-corrected chi connectivity index (χ1v) is 7.58. The molecule has 2 aromatic rings. The minimum absolute atomic E-state index is 0.131. The molecule has 0 aromatic heterocycles. The second-order valence-corrected chi connectivity index (χ2v) is 6.33. The van der Waals surface area contributed by atoms with Crippen molar-refractivity contribution in [3.8, 4) is 17.6 Å². The molecule has 116 valence electrons. The van der Waals surface area contributed by atoms with Gasteiger partial charge in [-0.15, -0.1) is 0 Å². The third kappa shape index (κ3) is 3.22. The number of carboxylic acids is 1. The van der Waals surface area contributed by atoms with Crippen molar-refractivity contribution in [2.24, 2.45) is 0 Å². The normalized spacial score (nSPS) is 14.9. The summed E-state index contributed by atoms with van der Waals surface area (Å²) in [6, 6.07) is 12.6. The van der Waals surface area contributed by atoms with E-state index in [9.17, 15) is 4.79 Å². The van der Waals surface area contributed by atoms with Crippen LogP contribution < -0.4 is 4.74 Å². The Hall–Kier alpha value is -2.73. The van der Waals surface area contributed by atoms with E-state index < -0.39 is 5.97 Å². The number of aromatic carboxylic acids is 1. The fourth-order valence-electron chi connectivity index (χ4n) is 2.67. The molecule has 0 amide bonds. The van der Waals surface area contributed by atoms with Crippen LogP contribution in [0.3, 0.4) is 0 Å². The van der Waals surface area contributed by atoms with Gasteiger partial charge >= 0.3 is 5.97 Å². The zero-order chi connectivity index (χ0) is 16.4. The molecule has 1 N–H and O–H groups in total. The molecule has 1 heterocycles. The molecule has 3 rings (SSSR count). The molecule has 0 spiro atoms. The number of hydrogen-bond donors (Lipinski definition) is 1. The van der Waals surface area contributed by atoms with Crippen LogP contribution in [0.1, 0.15) is 47.3 Å². The van der Waals surface area contributed by atoms with Crippen molar-refractivity contribution in [2.45, 2.75) is 25.7 Å². The predicted molar refractivity (Wildman–Crippen MR) is 89.0 cm³/mol. The minimum Gasteiger partial charge on any atom is -0.493 e. The van der Waals surface area contributed by atoms with Gasteiger partial charge in [0.2, 0.25) is 0 Å². The maximum atomic E-state index is 10.8. The standard InChI is InChI=1S/C20H18O3/c1-20(2)11-12-23-18-13-15(7-10-17(18)20)4-3-14-5-8-16(9-6-14)19(21)22/h5-10,13H,11-12H2,1-2H3,(H,21,22). The van der Waals surface area contributed by atoms with Crippen LogP contribution in [0.15, 0.2) is 42.5 Å². The zero-order valence-electron chi connectivity index (χ0n) is 13.2. The van der Waals surface area contributed by atoms with Gasteiger partial charge in [0.05, 0.1) is 12.2 Å². The van der Waals surface area contributed by atoms with Crippen LogP contribution in [0, 0.1) is 11.8 Å². The number of rotatable bonds is 1. The predicted octanol–water partition coefficient (Wildman–Crippen LogP) is 3.84. The molecular formula is C20H18O3. The van der Waals surface area contributed by atoms with Crippen molar-refractivity contribution in [3.63, 3.8) is 0 Å². The molecule has 0 fully saturated rings. The lowest BCUT2D eigenvalue weighted by atomic mass is 9.79. The molecule has 23 heavy (non-hydrogen) atoms. The summed E-state index contributed by atoms with van der Waals surface area (Å²) in [5.41, 5.74) is 3.30. The summed E-state index contributed by atoms with van der Waals surface area (Å²) in [5, 5.41) is 8.89. The molecule has 3 heteroatoms. The summed E-state index contributed by atoms with van der Waals surface area (Å²) in [7, 11) is 0. The Labute approximate surface area is 135 Å². The van der Waals surface area contributed by atoms with E-state index in [0.29, 0.717) is 0 Å². The highest BCUT2D eigenvalue weighted by atomic mass is 16.5. The first-order chi connectivity index (χ1) is 11.0. The quantitative estimate of drug-likeness (QED) is 0.814. The maximum absolute atomic E-state index is 10.8. The van der Waals surface area contributed by atoms with Crippen molar-refractivity contribution >= 4 is 5.97 Å². The minimum atomic E-state index is -0.932. The van der Waals surface area contributed by atoms with Gasteiger partial charge in [0.15, 0.2) is 0 Å². The van der Waals surface area contributed by atoms with Gasteiger partial charge in [-0.25, -0.2) is 4.79 Å². The molecule has 0 saturated carbocycles. The van der Waals surface area contributed by atoms with E-state index in [0.717, 1.165) is 29.9 Å². The van der Waals surface area contributed by atoms with Crippen molar-refractivity contribution in [3.05, 3.63) is 64.7 Å². The van der Waals surface area contributed by atoms with Gasteiger partial charge in [-0.3, -0.25) is 0 Å². The van der Waals surface area contributed by atoms with E-state index in [1.807, 2.05) is 12.1 Å². The lowest BCUT2D eigenvalue weighted by Gasteiger charge is -2.32. The monoisotopic (exact) mass is 306 g/mol. The van der Waals surface area contributed by atoms with E-state index in [-0.39, 0.29) is 11.0 Å². The van der Waals surface area contributed by atoms with Gasteiger partial charge in [-0.2, -0.15) is 0 Å². The molecule has 0 radical (unpaired) electrons. The van der Waals surface area contributed by atoms with E-state index in [1.54, 1.807) is 24.3 Å². The molecular weight excluding hydrogens is 288 g/mol. The van der Waals surface area contributed by atoms with Crippen LogP contribution >= 0.6 is 0 Å². The van der Waals surface area contributed by atoms with Gasteiger partial charge in [-0.05, 0) is 53.8 Å². The van der Waals surface area contributed by atoms with E-state index in [4.69, 9.17) is 9.84 Å². The Kier molecular flexibility index (Phi) is 3.83. The summed E-state index contributed by atoms with van der Waals surface area (Å²) >= 11 is 0. The fourth-order valence-corrected chi connectivity index (χ4v) is 2.67. The Bertz CT molecular complexity index is 805. The second-order valence-electron chi connectivity index (χ2n) is 6.33. The van der Waals surface area contributed by atoms with Crippen molar-refractivity contribution in [1.82, 2.24) is 0 Å². The zero-order valence-corrected chi connectivity index (χ0v) is 13.2. The average Bonchev–Trinajstić information content (AvgIpc) is 2.53. The Morgan fingerprint density at radius 1 is 1.09 bits per heavy atom. The Morgan fingerprint density at radius 3 is 2.43 bits per heavy atom. The van der Waals surface area contributed by atoms with Crippen molar-refractivity contribution in [2.75, 3.05) is 6.61 Å². The molecule has 0 saturated heterocycles. The van der Waals surface area contributed by atoms with Crippen LogP contribution in [0.4, 0.5) is 0 Å². The fraction of sp³-hybridized carbons (Fsp3) is 0.250. The van der Waals surface area contributed by atoms with Gasteiger partial charge < -0.3 is 9.84 Å². The van der Waals surface area contributed by atoms with Crippen LogP contribution in [-0.4, -0.2) is 17.7 Å². The first-order valence-electron chi connectivity index (χ1n) is 7.58. The van der Waals surface area contributed by atoms with Crippen molar-refractivity contribution < 1.29 is 14.6 Å². The number of carbonyl (C=O) groups is 1. The van der Waals surface area contributed by atoms with E-state index in [1.165, 1.54) is 5.56 Å². The number of benzene rings is 2. The van der Waals surface area contributed by atoms with Crippen LogP contribution in [-0.2, 0) is 5.41 Å². The first kappa shape index (κ1) is 15.2. The highest BCUT2D eigenvalue weighted by molar-refractivity contribution is 5.87. The molecule has 1 aliphatic rings. The Balaban J connectivity index is 1.86. The molecule has 0 unspecified atom stereocenters. The second kappa shape index (κ2) is 5.81. The summed E-state index contributed by atoms with van der Waals surface area (Å²) in [4.78, 5) is 10.8. The van der Waals surface area contributed by atoms with Gasteiger partial charge in [0.1, 0.15) is 5.75 Å². The molecule has 2 aromatic carbocycles. The highest BCUT2D eigenvalue weighted by Gasteiger charge is 2.28. The topological polar surface area (TPSA) is 46.5 Å². The van der Waals surface area contributed by atoms with Crippen LogP contribution in [0.25, 0.3) is 0 Å². The number of carboxylic acid groups (broad SMARTS) is 1. The average molecular weight is 306 g/mol. The van der Waals surface area contributed by atoms with Crippen molar-refractivity contribution in [1.29, 1.82) is 0 Å². The molecule has 3 nitrogen and oxygen atoms in total. The van der Waals surface area contributed by atoms with E-state index >= 15 is 0 Å². The smallest absolute Gasteiger partial charge is 0.335 e. The summed E-state index contributed by atoms with van der Waals surface area (Å²) in [6.45, 7) is 5.18. The van der Waals surface area contributed by atoms with Gasteiger partial charge in [0.25, 0.3) is 0 Å². The van der Waals surface area contributed by atoms with Gasteiger partial charge in [-0.1, -0.05) is 31.8 Å². The highest BCUT2D eigenvalue weighted by Crippen LogP contribution is 2.38. The Morgan fingerprint density at radius 2 is 1.74 bits per heavy atom. The molecule has 0 atom stereocenters. The number of hydrogen-bond acceptors (Lipinski definition) is 2. The van der Waals surface area contributed by atoms with Gasteiger partial charge in [0, 0.05) is 11.1 Å².